The standard InChI is InChI=1S/C20H30N2O2/c1-16(17-8-6-5-7-9-17)21-12-10-20(14-21)11-13-22(15-20)18(23)24-19(2,3)4/h5-9,16H,10-15H2,1-4H3/t16-,20-/m0/s1. The number of hydrogen-bond donors (Lipinski definition) is 0. The third-order valence-corrected chi connectivity index (χ3v) is 5.39. The molecule has 0 saturated carbocycles. The van der Waals surface area contributed by atoms with Gasteiger partial charge in [-0.05, 0) is 52.6 Å². The van der Waals surface area contributed by atoms with Crippen LogP contribution in [0.2, 0.25) is 0 Å². The lowest BCUT2D eigenvalue weighted by molar-refractivity contribution is 0.0273. The number of carbonyl (C=O) groups is 1. The van der Waals surface area contributed by atoms with Crippen LogP contribution in [0.1, 0.15) is 52.1 Å². The average Bonchev–Trinajstić information content (AvgIpc) is 3.14. The number of benzene rings is 1. The van der Waals surface area contributed by atoms with E-state index in [1.165, 1.54) is 12.0 Å². The highest BCUT2D eigenvalue weighted by Crippen LogP contribution is 2.42. The Balaban J connectivity index is 1.60. The zero-order valence-electron chi connectivity index (χ0n) is 15.4. The van der Waals surface area contributed by atoms with E-state index in [-0.39, 0.29) is 11.5 Å². The molecule has 1 amide bonds. The molecular weight excluding hydrogens is 300 g/mol. The Bertz CT molecular complexity index is 581. The predicted octanol–water partition coefficient (Wildman–Crippen LogP) is 4.08. The number of hydrogen-bond acceptors (Lipinski definition) is 3. The van der Waals surface area contributed by atoms with Crippen molar-refractivity contribution in [1.29, 1.82) is 0 Å². The summed E-state index contributed by atoms with van der Waals surface area (Å²) in [5.74, 6) is 0. The van der Waals surface area contributed by atoms with Crippen LogP contribution in [0.4, 0.5) is 4.79 Å². The van der Waals surface area contributed by atoms with Gasteiger partial charge in [-0.2, -0.15) is 0 Å². The summed E-state index contributed by atoms with van der Waals surface area (Å²) in [6, 6.07) is 11.1. The second-order valence-corrected chi connectivity index (χ2v) is 8.46. The minimum atomic E-state index is -0.420. The summed E-state index contributed by atoms with van der Waals surface area (Å²) in [6.45, 7) is 11.9. The molecule has 2 aliphatic rings. The molecule has 0 bridgehead atoms. The molecule has 0 unspecified atom stereocenters. The molecule has 2 fully saturated rings. The summed E-state index contributed by atoms with van der Waals surface area (Å²) < 4.78 is 5.54. The molecule has 4 nitrogen and oxygen atoms in total. The largest absolute Gasteiger partial charge is 0.444 e. The first-order valence-corrected chi connectivity index (χ1v) is 9.05. The molecule has 1 aromatic rings. The zero-order valence-corrected chi connectivity index (χ0v) is 15.4. The minimum absolute atomic E-state index is 0.158. The first-order valence-electron chi connectivity index (χ1n) is 9.05. The molecular formula is C20H30N2O2. The summed E-state index contributed by atoms with van der Waals surface area (Å²) in [4.78, 5) is 16.8. The van der Waals surface area contributed by atoms with E-state index in [0.29, 0.717) is 6.04 Å². The van der Waals surface area contributed by atoms with E-state index in [9.17, 15) is 4.79 Å². The Morgan fingerprint density at radius 3 is 2.46 bits per heavy atom. The van der Waals surface area contributed by atoms with Gasteiger partial charge in [-0.25, -0.2) is 4.79 Å². The normalized spacial score (nSPS) is 26.1. The lowest BCUT2D eigenvalue weighted by Gasteiger charge is -2.29. The Hall–Kier alpha value is -1.55. The van der Waals surface area contributed by atoms with Crippen molar-refractivity contribution in [3.8, 4) is 0 Å². The zero-order chi connectivity index (χ0) is 17.4. The van der Waals surface area contributed by atoms with Crippen LogP contribution in [-0.4, -0.2) is 47.7 Å². The topological polar surface area (TPSA) is 32.8 Å². The Kier molecular flexibility index (Phi) is 4.60. The van der Waals surface area contributed by atoms with Crippen LogP contribution in [0, 0.1) is 5.41 Å². The maximum atomic E-state index is 12.3. The summed E-state index contributed by atoms with van der Waals surface area (Å²) >= 11 is 0. The number of likely N-dealkylation sites (tertiary alicyclic amines) is 2. The van der Waals surface area contributed by atoms with Gasteiger partial charge in [-0.3, -0.25) is 4.90 Å². The van der Waals surface area contributed by atoms with Gasteiger partial charge < -0.3 is 9.64 Å². The predicted molar refractivity (Wildman–Crippen MR) is 95.9 cm³/mol. The molecule has 24 heavy (non-hydrogen) atoms. The Morgan fingerprint density at radius 2 is 1.79 bits per heavy atom. The number of nitrogens with zero attached hydrogens (tertiary/aromatic N) is 2. The molecule has 1 aromatic carbocycles. The second-order valence-electron chi connectivity index (χ2n) is 8.46. The van der Waals surface area contributed by atoms with Gasteiger partial charge in [0.05, 0.1) is 0 Å². The number of amides is 1. The van der Waals surface area contributed by atoms with Crippen molar-refractivity contribution in [3.63, 3.8) is 0 Å². The molecule has 4 heteroatoms. The molecule has 1 spiro atoms. The van der Waals surface area contributed by atoms with Crippen molar-refractivity contribution >= 4 is 6.09 Å². The van der Waals surface area contributed by atoms with Crippen LogP contribution in [-0.2, 0) is 4.74 Å². The molecule has 3 rings (SSSR count). The monoisotopic (exact) mass is 330 g/mol. The summed E-state index contributed by atoms with van der Waals surface area (Å²) in [5.41, 5.74) is 1.20. The fourth-order valence-corrected chi connectivity index (χ4v) is 3.99. The molecule has 132 valence electrons. The van der Waals surface area contributed by atoms with Crippen molar-refractivity contribution in [2.45, 2.75) is 52.2 Å². The van der Waals surface area contributed by atoms with Crippen LogP contribution in [0.25, 0.3) is 0 Å². The molecule has 2 aliphatic heterocycles. The molecule has 2 atom stereocenters. The molecule has 0 N–H and O–H groups in total. The lowest BCUT2D eigenvalue weighted by Crippen LogP contribution is -2.38. The Morgan fingerprint density at radius 1 is 1.12 bits per heavy atom. The van der Waals surface area contributed by atoms with Crippen molar-refractivity contribution in [2.24, 2.45) is 5.41 Å². The average molecular weight is 330 g/mol. The van der Waals surface area contributed by atoms with Gasteiger partial charge in [0.1, 0.15) is 5.60 Å². The van der Waals surface area contributed by atoms with E-state index in [1.807, 2.05) is 25.7 Å². The van der Waals surface area contributed by atoms with Crippen molar-refractivity contribution in [1.82, 2.24) is 9.80 Å². The van der Waals surface area contributed by atoms with E-state index in [1.54, 1.807) is 0 Å². The van der Waals surface area contributed by atoms with Crippen LogP contribution >= 0.6 is 0 Å². The highest BCUT2D eigenvalue weighted by Gasteiger charge is 2.46. The fraction of sp³-hybridized carbons (Fsp3) is 0.650. The summed E-state index contributed by atoms with van der Waals surface area (Å²) in [7, 11) is 0. The van der Waals surface area contributed by atoms with Crippen LogP contribution in [0.5, 0.6) is 0 Å². The maximum absolute atomic E-state index is 12.3. The highest BCUT2D eigenvalue weighted by molar-refractivity contribution is 5.68. The Labute approximate surface area is 145 Å². The quantitative estimate of drug-likeness (QED) is 0.819. The summed E-state index contributed by atoms with van der Waals surface area (Å²) in [5, 5.41) is 0. The maximum Gasteiger partial charge on any atom is 0.410 e. The van der Waals surface area contributed by atoms with Crippen LogP contribution < -0.4 is 0 Å². The van der Waals surface area contributed by atoms with E-state index < -0.39 is 5.60 Å². The van der Waals surface area contributed by atoms with E-state index in [0.717, 1.165) is 32.6 Å². The third kappa shape index (κ3) is 3.75. The molecule has 0 aromatic heterocycles. The molecule has 2 saturated heterocycles. The van der Waals surface area contributed by atoms with Gasteiger partial charge in [0.25, 0.3) is 0 Å². The highest BCUT2D eigenvalue weighted by atomic mass is 16.6. The van der Waals surface area contributed by atoms with E-state index >= 15 is 0 Å². The van der Waals surface area contributed by atoms with E-state index in [2.05, 4.69) is 42.2 Å². The van der Waals surface area contributed by atoms with Crippen molar-refractivity contribution < 1.29 is 9.53 Å². The summed E-state index contributed by atoms with van der Waals surface area (Å²) in [6.07, 6.45) is 2.10. The SMILES string of the molecule is C[C@@H](c1ccccc1)N1CC[C@]2(CCN(C(=O)OC(C)(C)C)C2)C1. The van der Waals surface area contributed by atoms with E-state index in [4.69, 9.17) is 4.74 Å². The third-order valence-electron chi connectivity index (χ3n) is 5.39. The number of rotatable bonds is 2. The minimum Gasteiger partial charge on any atom is -0.444 e. The smallest absolute Gasteiger partial charge is 0.410 e. The van der Waals surface area contributed by atoms with Crippen molar-refractivity contribution in [3.05, 3.63) is 35.9 Å². The fourth-order valence-electron chi connectivity index (χ4n) is 3.99. The number of ether oxygens (including phenoxy) is 1. The first-order chi connectivity index (χ1) is 11.3. The van der Waals surface area contributed by atoms with Gasteiger partial charge in [0, 0.05) is 31.1 Å². The van der Waals surface area contributed by atoms with Gasteiger partial charge in [-0.1, -0.05) is 30.3 Å². The first kappa shape index (κ1) is 17.3. The molecule has 0 aliphatic carbocycles. The molecule has 0 radical (unpaired) electrons. The van der Waals surface area contributed by atoms with Crippen LogP contribution in [0.15, 0.2) is 30.3 Å². The van der Waals surface area contributed by atoms with Gasteiger partial charge in [-0.15, -0.1) is 0 Å². The van der Waals surface area contributed by atoms with Gasteiger partial charge >= 0.3 is 6.09 Å². The van der Waals surface area contributed by atoms with Crippen LogP contribution in [0.3, 0.4) is 0 Å². The van der Waals surface area contributed by atoms with Gasteiger partial charge in [0.15, 0.2) is 0 Å². The van der Waals surface area contributed by atoms with Crippen molar-refractivity contribution in [2.75, 3.05) is 26.2 Å². The second kappa shape index (κ2) is 6.40. The number of carbonyl (C=O) groups excluding carboxylic acids is 1. The lowest BCUT2D eigenvalue weighted by atomic mass is 9.86. The van der Waals surface area contributed by atoms with Gasteiger partial charge in [0.2, 0.25) is 0 Å². The molecule has 2 heterocycles.